The Morgan fingerprint density at radius 1 is 1.08 bits per heavy atom. The van der Waals surface area contributed by atoms with Crippen LogP contribution in [0.4, 0.5) is 0 Å². The summed E-state index contributed by atoms with van der Waals surface area (Å²) < 4.78 is 12.5. The predicted molar refractivity (Wildman–Crippen MR) is 93.9 cm³/mol. The molecule has 0 N–H and O–H groups in total. The van der Waals surface area contributed by atoms with E-state index in [2.05, 4.69) is 22.8 Å². The third kappa shape index (κ3) is 2.19. The van der Waals surface area contributed by atoms with E-state index in [0.29, 0.717) is 12.1 Å². The lowest BCUT2D eigenvalue weighted by atomic mass is 10.0. The monoisotopic (exact) mass is 319 g/mol. The average molecular weight is 319 g/mol. The molecule has 24 heavy (non-hydrogen) atoms. The molecule has 0 bridgehead atoms. The summed E-state index contributed by atoms with van der Waals surface area (Å²) in [7, 11) is 3.05. The van der Waals surface area contributed by atoms with E-state index < -0.39 is 0 Å². The van der Waals surface area contributed by atoms with Crippen molar-refractivity contribution in [3.8, 4) is 17.0 Å². The molecule has 0 fully saturated rings. The van der Waals surface area contributed by atoms with E-state index in [4.69, 9.17) is 9.47 Å². The summed E-state index contributed by atoms with van der Waals surface area (Å²) in [5, 5.41) is 1.15. The highest BCUT2D eigenvalue weighted by molar-refractivity contribution is 5.98. The van der Waals surface area contributed by atoms with Gasteiger partial charge < -0.3 is 14.0 Å². The van der Waals surface area contributed by atoms with E-state index >= 15 is 0 Å². The molecular formula is C20H17NO3. The van der Waals surface area contributed by atoms with Crippen LogP contribution in [0.1, 0.15) is 5.56 Å². The molecule has 1 aliphatic heterocycles. The Morgan fingerprint density at radius 2 is 1.92 bits per heavy atom. The van der Waals surface area contributed by atoms with E-state index in [-0.39, 0.29) is 5.97 Å². The van der Waals surface area contributed by atoms with Crippen LogP contribution in [0.5, 0.6) is 5.75 Å². The fraction of sp³-hybridized carbons (Fsp3) is 0.150. The van der Waals surface area contributed by atoms with Gasteiger partial charge in [-0.15, -0.1) is 0 Å². The Morgan fingerprint density at radius 3 is 2.71 bits per heavy atom. The van der Waals surface area contributed by atoms with Crippen LogP contribution in [0.25, 0.3) is 28.2 Å². The number of hydrogen-bond donors (Lipinski definition) is 0. The van der Waals surface area contributed by atoms with Crippen LogP contribution in [-0.4, -0.2) is 24.8 Å². The Labute approximate surface area is 139 Å². The number of hydrogen-bond acceptors (Lipinski definition) is 3. The number of aromatic nitrogens is 1. The first-order valence-electron chi connectivity index (χ1n) is 7.77. The van der Waals surface area contributed by atoms with Gasteiger partial charge >= 0.3 is 5.97 Å². The molecule has 0 atom stereocenters. The number of rotatable bonds is 2. The molecule has 0 spiro atoms. The van der Waals surface area contributed by atoms with Gasteiger partial charge in [0.2, 0.25) is 0 Å². The molecule has 0 amide bonds. The molecule has 1 aromatic heterocycles. The second-order valence-electron chi connectivity index (χ2n) is 5.79. The summed E-state index contributed by atoms with van der Waals surface area (Å²) >= 11 is 0. The molecule has 0 unspecified atom stereocenters. The van der Waals surface area contributed by atoms with E-state index in [1.165, 1.54) is 7.11 Å². The van der Waals surface area contributed by atoms with E-state index in [1.54, 1.807) is 7.11 Å². The Bertz CT molecular complexity index is 982. The highest BCUT2D eigenvalue weighted by Crippen LogP contribution is 2.36. The van der Waals surface area contributed by atoms with Crippen LogP contribution in [0, 0.1) is 0 Å². The molecule has 0 radical (unpaired) electrons. The first kappa shape index (κ1) is 14.6. The van der Waals surface area contributed by atoms with Crippen molar-refractivity contribution in [3.05, 3.63) is 59.7 Å². The lowest BCUT2D eigenvalue weighted by Crippen LogP contribution is -2.10. The first-order chi connectivity index (χ1) is 11.7. The van der Waals surface area contributed by atoms with Crippen molar-refractivity contribution in [1.82, 2.24) is 4.57 Å². The number of fused-ring (bicyclic) bond motifs is 5. The second kappa shape index (κ2) is 5.57. The fourth-order valence-electron chi connectivity index (χ4n) is 3.28. The van der Waals surface area contributed by atoms with E-state index in [9.17, 15) is 4.79 Å². The first-order valence-corrected chi connectivity index (χ1v) is 7.77. The summed E-state index contributed by atoms with van der Waals surface area (Å²) in [6, 6.07) is 16.3. The zero-order valence-electron chi connectivity index (χ0n) is 13.6. The third-order valence-corrected chi connectivity index (χ3v) is 4.45. The molecule has 0 saturated carbocycles. The van der Waals surface area contributed by atoms with Gasteiger partial charge in [-0.05, 0) is 42.0 Å². The number of methoxy groups -OCH3 is 2. The van der Waals surface area contributed by atoms with Crippen molar-refractivity contribution in [2.24, 2.45) is 0 Å². The maximum absolute atomic E-state index is 12.2. The minimum absolute atomic E-state index is 0.311. The molecule has 120 valence electrons. The second-order valence-corrected chi connectivity index (χ2v) is 5.79. The molecule has 4 rings (SSSR count). The average Bonchev–Trinajstić information content (AvgIpc) is 2.90. The van der Waals surface area contributed by atoms with Gasteiger partial charge in [0, 0.05) is 16.5 Å². The molecule has 4 heteroatoms. The minimum atomic E-state index is -0.311. The van der Waals surface area contributed by atoms with Gasteiger partial charge in [0.15, 0.2) is 0 Å². The van der Waals surface area contributed by atoms with Crippen LogP contribution >= 0.6 is 0 Å². The van der Waals surface area contributed by atoms with Crippen LogP contribution in [0.3, 0.4) is 0 Å². The number of carbonyl (C=O) groups is 1. The molecule has 4 nitrogen and oxygen atoms in total. The highest BCUT2D eigenvalue weighted by atomic mass is 16.5. The van der Waals surface area contributed by atoms with Crippen LogP contribution < -0.4 is 4.74 Å². The fourth-order valence-corrected chi connectivity index (χ4v) is 3.28. The van der Waals surface area contributed by atoms with Crippen LogP contribution in [-0.2, 0) is 16.1 Å². The summed E-state index contributed by atoms with van der Waals surface area (Å²) in [6.45, 7) is 0.479. The number of carbonyl (C=O) groups excluding carboxylic acids is 1. The van der Waals surface area contributed by atoms with Crippen molar-refractivity contribution >= 4 is 22.9 Å². The largest absolute Gasteiger partial charge is 0.497 e. The summed E-state index contributed by atoms with van der Waals surface area (Å²) in [5.74, 6) is 0.452. The number of ether oxygens (including phenoxy) is 2. The molecule has 3 aromatic rings. The third-order valence-electron chi connectivity index (χ3n) is 4.45. The maximum atomic E-state index is 12.2. The zero-order chi connectivity index (χ0) is 16.7. The lowest BCUT2D eigenvalue weighted by Gasteiger charge is -2.10. The summed E-state index contributed by atoms with van der Waals surface area (Å²) in [4.78, 5) is 12.2. The van der Waals surface area contributed by atoms with Gasteiger partial charge in [-0.25, -0.2) is 4.79 Å². The quantitative estimate of drug-likeness (QED) is 0.673. The molecule has 1 aliphatic rings. The van der Waals surface area contributed by atoms with Gasteiger partial charge in [-0.3, -0.25) is 0 Å². The Kier molecular flexibility index (Phi) is 3.38. The number of para-hydroxylation sites is 1. The SMILES string of the molecule is COC(=O)C1=Cc2cc(OC)ccc2-c2cc3ccccc3n2C1. The number of esters is 1. The zero-order valence-corrected chi connectivity index (χ0v) is 13.6. The van der Waals surface area contributed by atoms with Gasteiger partial charge in [-0.2, -0.15) is 0 Å². The Balaban J connectivity index is 2.03. The summed E-state index contributed by atoms with van der Waals surface area (Å²) in [5.41, 5.74) is 4.84. The molecule has 0 aliphatic carbocycles. The topological polar surface area (TPSA) is 40.5 Å². The Hall–Kier alpha value is -3.01. The van der Waals surface area contributed by atoms with Crippen molar-refractivity contribution in [3.63, 3.8) is 0 Å². The van der Waals surface area contributed by atoms with Crippen molar-refractivity contribution < 1.29 is 14.3 Å². The predicted octanol–water partition coefficient (Wildman–Crippen LogP) is 3.89. The lowest BCUT2D eigenvalue weighted by molar-refractivity contribution is -0.136. The van der Waals surface area contributed by atoms with Gasteiger partial charge in [-0.1, -0.05) is 18.2 Å². The van der Waals surface area contributed by atoms with E-state index in [1.807, 2.05) is 36.4 Å². The van der Waals surface area contributed by atoms with Crippen molar-refractivity contribution in [2.45, 2.75) is 6.54 Å². The summed E-state index contributed by atoms with van der Waals surface area (Å²) in [6.07, 6.45) is 1.89. The smallest absolute Gasteiger partial charge is 0.335 e. The molecule has 2 heterocycles. The normalized spacial score (nSPS) is 12.8. The number of nitrogens with zero attached hydrogens (tertiary/aromatic N) is 1. The van der Waals surface area contributed by atoms with Crippen molar-refractivity contribution in [2.75, 3.05) is 14.2 Å². The molecule has 2 aromatic carbocycles. The van der Waals surface area contributed by atoms with Crippen LogP contribution in [0.2, 0.25) is 0 Å². The highest BCUT2D eigenvalue weighted by Gasteiger charge is 2.21. The number of benzene rings is 2. The van der Waals surface area contributed by atoms with Crippen molar-refractivity contribution in [1.29, 1.82) is 0 Å². The standard InChI is InChI=1S/C20H17NO3/c1-23-16-7-8-17-14(10-16)9-15(20(22)24-2)12-21-18-6-4-3-5-13(18)11-19(17)21/h3-11H,12H2,1-2H3. The molecular weight excluding hydrogens is 302 g/mol. The van der Waals surface area contributed by atoms with E-state index in [0.717, 1.165) is 33.5 Å². The van der Waals surface area contributed by atoms with Gasteiger partial charge in [0.1, 0.15) is 5.75 Å². The van der Waals surface area contributed by atoms with Crippen LogP contribution in [0.15, 0.2) is 54.1 Å². The van der Waals surface area contributed by atoms with Gasteiger partial charge in [0.05, 0.1) is 32.0 Å². The molecule has 0 saturated heterocycles. The minimum Gasteiger partial charge on any atom is -0.497 e. The maximum Gasteiger partial charge on any atom is 0.335 e. The van der Waals surface area contributed by atoms with Gasteiger partial charge in [0.25, 0.3) is 0 Å².